The van der Waals surface area contributed by atoms with E-state index < -0.39 is 0 Å². The lowest BCUT2D eigenvalue weighted by molar-refractivity contribution is 0.283. The van der Waals surface area contributed by atoms with Gasteiger partial charge in [0.15, 0.2) is 0 Å². The van der Waals surface area contributed by atoms with E-state index in [2.05, 4.69) is 69.2 Å². The lowest BCUT2D eigenvalue weighted by atomic mass is 9.84. The van der Waals surface area contributed by atoms with Crippen LogP contribution in [0.15, 0.2) is 0 Å². The highest BCUT2D eigenvalue weighted by atomic mass is 14.2. The molecule has 0 aromatic heterocycles. The molecule has 0 bridgehead atoms. The van der Waals surface area contributed by atoms with Crippen LogP contribution in [0.5, 0.6) is 0 Å². The third-order valence-electron chi connectivity index (χ3n) is 1.73. The van der Waals surface area contributed by atoms with Crippen LogP contribution in [0.3, 0.4) is 0 Å². The highest BCUT2D eigenvalue weighted by Crippen LogP contribution is 2.23. The zero-order chi connectivity index (χ0) is 18.4. The van der Waals surface area contributed by atoms with Crippen molar-refractivity contribution in [3.63, 3.8) is 0 Å². The molecular formula is C20H52. The molecule has 0 saturated heterocycles. The highest BCUT2D eigenvalue weighted by Gasteiger charge is 2.13. The third-order valence-corrected chi connectivity index (χ3v) is 1.73. The summed E-state index contributed by atoms with van der Waals surface area (Å²) in [7, 11) is 0. The molecule has 0 unspecified atom stereocenters. The average Bonchev–Trinajstić information content (AvgIpc) is 2.36. The van der Waals surface area contributed by atoms with Gasteiger partial charge in [-0.15, -0.1) is 0 Å². The molecule has 0 nitrogen and oxygen atoms in total. The van der Waals surface area contributed by atoms with Crippen LogP contribution in [0.4, 0.5) is 0 Å². The topological polar surface area (TPSA) is 0 Å². The van der Waals surface area contributed by atoms with Gasteiger partial charge in [0.25, 0.3) is 0 Å². The second-order valence-corrected chi connectivity index (χ2v) is 5.96. The average molecular weight is 293 g/mol. The van der Waals surface area contributed by atoms with E-state index in [1.165, 1.54) is 6.42 Å². The van der Waals surface area contributed by atoms with Crippen LogP contribution < -0.4 is 0 Å². The van der Waals surface area contributed by atoms with Gasteiger partial charge in [-0.3, -0.25) is 0 Å². The fraction of sp³-hybridized carbons (Fsp3) is 1.00. The summed E-state index contributed by atoms with van der Waals surface area (Å²) in [5, 5.41) is 0. The van der Waals surface area contributed by atoms with Gasteiger partial charge in [0.2, 0.25) is 0 Å². The number of hydrogen-bond acceptors (Lipinski definition) is 0. The molecule has 0 aliphatic rings. The van der Waals surface area contributed by atoms with Crippen LogP contribution in [0, 0.1) is 17.3 Å². The van der Waals surface area contributed by atoms with Crippen LogP contribution in [0.2, 0.25) is 0 Å². The maximum absolute atomic E-state index is 2.26. The van der Waals surface area contributed by atoms with E-state index in [0.717, 1.165) is 11.8 Å². The van der Waals surface area contributed by atoms with Crippen LogP contribution in [0.1, 0.15) is 117 Å². The molecule has 0 spiro atoms. The molecule has 0 heteroatoms. The van der Waals surface area contributed by atoms with Gasteiger partial charge in [0.1, 0.15) is 0 Å². The SMILES string of the molecule is CC.CC.CC.CC(C)C.CC(C)C(C)(C)C.CCC. The summed E-state index contributed by atoms with van der Waals surface area (Å²) in [4.78, 5) is 0. The third kappa shape index (κ3) is 144. The molecule has 0 rings (SSSR count). The zero-order valence-electron chi connectivity index (χ0n) is 18.4. The first-order valence-corrected chi connectivity index (χ1v) is 9.09. The molecule has 20 heavy (non-hydrogen) atoms. The molecule has 0 radical (unpaired) electrons. The Bertz CT molecular complexity index is 79.9. The van der Waals surface area contributed by atoms with Crippen molar-refractivity contribution in [3.8, 4) is 0 Å². The van der Waals surface area contributed by atoms with Crippen LogP contribution in [-0.4, -0.2) is 0 Å². The van der Waals surface area contributed by atoms with Gasteiger partial charge < -0.3 is 0 Å². The summed E-state index contributed by atoms with van der Waals surface area (Å²) in [6.07, 6.45) is 1.25. The summed E-state index contributed by atoms with van der Waals surface area (Å²) >= 11 is 0. The van der Waals surface area contributed by atoms with Gasteiger partial charge in [-0.1, -0.05) is 117 Å². The maximum Gasteiger partial charge on any atom is -0.0360 e. The lowest BCUT2D eigenvalue weighted by Crippen LogP contribution is -2.12. The fourth-order valence-corrected chi connectivity index (χ4v) is 0. The minimum absolute atomic E-state index is 0.500. The van der Waals surface area contributed by atoms with E-state index in [9.17, 15) is 0 Å². The largest absolute Gasteiger partial charge is 0.0683 e. The van der Waals surface area contributed by atoms with Crippen LogP contribution in [0.25, 0.3) is 0 Å². The summed E-state index contributed by atoms with van der Waals surface area (Å²) in [5.74, 6) is 1.63. The van der Waals surface area contributed by atoms with Gasteiger partial charge in [-0.2, -0.15) is 0 Å². The molecule has 0 aromatic rings. The summed E-state index contributed by atoms with van der Waals surface area (Å²) in [6, 6.07) is 0. The second kappa shape index (κ2) is 36.4. The Balaban J connectivity index is -0.0000000327. The second-order valence-electron chi connectivity index (χ2n) is 5.96. The van der Waals surface area contributed by atoms with Gasteiger partial charge in [0, 0.05) is 0 Å². The molecule has 0 amide bonds. The number of rotatable bonds is 0. The van der Waals surface area contributed by atoms with Crippen molar-refractivity contribution >= 4 is 0 Å². The Morgan fingerprint density at radius 2 is 0.650 bits per heavy atom. The van der Waals surface area contributed by atoms with E-state index >= 15 is 0 Å². The Labute approximate surface area is 135 Å². The molecule has 132 valence electrons. The normalized spacial score (nSPS) is 8.10. The molecule has 0 aliphatic heterocycles. The molecular weight excluding hydrogens is 240 g/mol. The summed E-state index contributed by atoms with van der Waals surface area (Å²) < 4.78 is 0. The van der Waals surface area contributed by atoms with Crippen LogP contribution >= 0.6 is 0 Å². The molecule has 0 N–H and O–H groups in total. The Kier molecular flexibility index (Phi) is 67.1. The van der Waals surface area contributed by atoms with Crippen molar-refractivity contribution < 1.29 is 0 Å². The van der Waals surface area contributed by atoms with Gasteiger partial charge >= 0.3 is 0 Å². The van der Waals surface area contributed by atoms with Crippen molar-refractivity contribution in [2.45, 2.75) is 117 Å². The monoisotopic (exact) mass is 292 g/mol. The van der Waals surface area contributed by atoms with E-state index in [1.54, 1.807) is 0 Å². The van der Waals surface area contributed by atoms with E-state index in [-0.39, 0.29) is 0 Å². The Morgan fingerprint density at radius 1 is 0.600 bits per heavy atom. The molecule has 0 aromatic carbocycles. The fourth-order valence-electron chi connectivity index (χ4n) is 0. The first-order chi connectivity index (χ1) is 9.09. The molecule has 0 aliphatic carbocycles. The van der Waals surface area contributed by atoms with Crippen molar-refractivity contribution in [1.29, 1.82) is 0 Å². The smallest absolute Gasteiger partial charge is 0.0360 e. The van der Waals surface area contributed by atoms with Crippen molar-refractivity contribution in [2.75, 3.05) is 0 Å². The zero-order valence-corrected chi connectivity index (χ0v) is 18.4. The predicted octanol–water partition coefficient (Wildman–Crippen LogP) is 8.85. The standard InChI is InChI=1S/C7H16.C4H10.C3H8.3C2H6/c1-6(2)7(3,4)5;1-4(2)3;1-3-2;3*1-2/h6H,1-5H3;4H,1-3H3;3H2,1-2H3;3*1-2H3. The Hall–Kier alpha value is 0. The first-order valence-electron chi connectivity index (χ1n) is 9.09. The van der Waals surface area contributed by atoms with Gasteiger partial charge in [-0.05, 0) is 17.3 Å². The molecule has 0 fully saturated rings. The molecule has 0 atom stereocenters. The first kappa shape index (κ1) is 36.8. The molecule has 0 heterocycles. The van der Waals surface area contributed by atoms with E-state index in [4.69, 9.17) is 0 Å². The Morgan fingerprint density at radius 3 is 0.650 bits per heavy atom. The van der Waals surface area contributed by atoms with Gasteiger partial charge in [-0.25, -0.2) is 0 Å². The maximum atomic E-state index is 2.26. The van der Waals surface area contributed by atoms with E-state index in [1.807, 2.05) is 41.5 Å². The van der Waals surface area contributed by atoms with Crippen molar-refractivity contribution in [3.05, 3.63) is 0 Å². The quantitative estimate of drug-likeness (QED) is 0.418. The van der Waals surface area contributed by atoms with E-state index in [0.29, 0.717) is 5.41 Å². The minimum atomic E-state index is 0.500. The predicted molar refractivity (Wildman–Crippen MR) is 105 cm³/mol. The summed E-state index contributed by atoms with van der Waals surface area (Å²) in [5.41, 5.74) is 0.500. The lowest BCUT2D eigenvalue weighted by Gasteiger charge is -2.22. The van der Waals surface area contributed by atoms with Crippen LogP contribution in [-0.2, 0) is 0 Å². The molecule has 0 saturated carbocycles. The summed E-state index contributed by atoms with van der Waals surface area (Å²) in [6.45, 7) is 34.0. The van der Waals surface area contributed by atoms with Crippen molar-refractivity contribution in [1.82, 2.24) is 0 Å². The highest BCUT2D eigenvalue weighted by molar-refractivity contribution is 4.64. The minimum Gasteiger partial charge on any atom is -0.0683 e. The number of hydrogen-bond donors (Lipinski definition) is 0. The van der Waals surface area contributed by atoms with Crippen molar-refractivity contribution in [2.24, 2.45) is 17.3 Å². The van der Waals surface area contributed by atoms with Gasteiger partial charge in [0.05, 0.1) is 0 Å².